The van der Waals surface area contributed by atoms with Crippen LogP contribution in [0.4, 0.5) is 5.69 Å². The Morgan fingerprint density at radius 3 is 2.89 bits per heavy atom. The van der Waals surface area contributed by atoms with Crippen molar-refractivity contribution >= 4 is 28.4 Å². The lowest BCUT2D eigenvalue weighted by molar-refractivity contribution is 0.685. The summed E-state index contributed by atoms with van der Waals surface area (Å²) in [6, 6.07) is 7.71. The molecule has 2 heterocycles. The van der Waals surface area contributed by atoms with Gasteiger partial charge in [-0.2, -0.15) is 5.10 Å². The molecule has 5 nitrogen and oxygen atoms in total. The predicted molar refractivity (Wildman–Crippen MR) is 71.3 cm³/mol. The van der Waals surface area contributed by atoms with Gasteiger partial charge in [-0.25, -0.2) is 9.67 Å². The van der Waals surface area contributed by atoms with Gasteiger partial charge >= 0.3 is 0 Å². The van der Waals surface area contributed by atoms with Gasteiger partial charge in [-0.15, -0.1) is 0 Å². The summed E-state index contributed by atoms with van der Waals surface area (Å²) < 4.78 is 1.73. The number of nitrogens with two attached hydrogens (primary N) is 1. The van der Waals surface area contributed by atoms with E-state index in [2.05, 4.69) is 15.1 Å². The highest BCUT2D eigenvalue weighted by atomic mass is 32.2. The maximum atomic E-state index is 5.95. The SMILES string of the molecule is Cn1ncnc1Sc1ccc(N)c2cccnc12. The van der Waals surface area contributed by atoms with Gasteiger partial charge in [-0.1, -0.05) is 0 Å². The van der Waals surface area contributed by atoms with Crippen LogP contribution in [0.5, 0.6) is 0 Å². The first-order valence-corrected chi connectivity index (χ1v) is 6.22. The average Bonchev–Trinajstić information content (AvgIpc) is 2.79. The third-order valence-corrected chi connectivity index (χ3v) is 3.74. The van der Waals surface area contributed by atoms with Crippen LogP contribution in [0.15, 0.2) is 46.8 Å². The molecule has 0 unspecified atom stereocenters. The van der Waals surface area contributed by atoms with Gasteiger partial charge in [0.05, 0.1) is 5.52 Å². The van der Waals surface area contributed by atoms with Gasteiger partial charge in [0.2, 0.25) is 0 Å². The Labute approximate surface area is 108 Å². The molecule has 1 aromatic carbocycles. The maximum absolute atomic E-state index is 5.95. The molecule has 0 aliphatic rings. The Balaban J connectivity index is 2.13. The van der Waals surface area contributed by atoms with Gasteiger partial charge < -0.3 is 5.73 Å². The monoisotopic (exact) mass is 257 g/mol. The summed E-state index contributed by atoms with van der Waals surface area (Å²) in [4.78, 5) is 9.61. The summed E-state index contributed by atoms with van der Waals surface area (Å²) in [6.45, 7) is 0. The lowest BCUT2D eigenvalue weighted by Crippen LogP contribution is -1.94. The summed E-state index contributed by atoms with van der Waals surface area (Å²) in [5.41, 5.74) is 7.58. The minimum absolute atomic E-state index is 0.736. The molecule has 0 amide bonds. The topological polar surface area (TPSA) is 69.6 Å². The summed E-state index contributed by atoms with van der Waals surface area (Å²) in [6.07, 6.45) is 3.30. The summed E-state index contributed by atoms with van der Waals surface area (Å²) in [5.74, 6) is 0. The zero-order chi connectivity index (χ0) is 12.5. The minimum atomic E-state index is 0.736. The maximum Gasteiger partial charge on any atom is 0.190 e. The Kier molecular flexibility index (Phi) is 2.64. The highest BCUT2D eigenvalue weighted by Crippen LogP contribution is 2.33. The second-order valence-corrected chi connectivity index (χ2v) is 4.83. The van der Waals surface area contributed by atoms with Crippen LogP contribution >= 0.6 is 11.8 Å². The van der Waals surface area contributed by atoms with Crippen molar-refractivity contribution in [3.63, 3.8) is 0 Å². The van der Waals surface area contributed by atoms with Crippen molar-refractivity contribution < 1.29 is 0 Å². The van der Waals surface area contributed by atoms with E-state index >= 15 is 0 Å². The number of nitrogens with zero attached hydrogens (tertiary/aromatic N) is 4. The Morgan fingerprint density at radius 1 is 1.22 bits per heavy atom. The van der Waals surface area contributed by atoms with Crippen LogP contribution in [0.3, 0.4) is 0 Å². The molecule has 3 rings (SSSR count). The Bertz CT molecular complexity index is 707. The van der Waals surface area contributed by atoms with E-state index < -0.39 is 0 Å². The van der Waals surface area contributed by atoms with Crippen LogP contribution < -0.4 is 5.73 Å². The number of benzene rings is 1. The van der Waals surface area contributed by atoms with Gasteiger partial charge in [-0.05, 0) is 36.0 Å². The first kappa shape index (κ1) is 11.0. The number of hydrogen-bond acceptors (Lipinski definition) is 5. The lowest BCUT2D eigenvalue weighted by Gasteiger charge is -2.06. The van der Waals surface area contributed by atoms with Crippen molar-refractivity contribution in [3.05, 3.63) is 36.8 Å². The van der Waals surface area contributed by atoms with Crippen LogP contribution in [0, 0.1) is 0 Å². The van der Waals surface area contributed by atoms with Crippen molar-refractivity contribution in [3.8, 4) is 0 Å². The van der Waals surface area contributed by atoms with E-state index in [1.54, 1.807) is 10.9 Å². The van der Waals surface area contributed by atoms with E-state index in [1.165, 1.54) is 18.1 Å². The molecule has 2 aromatic heterocycles. The summed E-state index contributed by atoms with van der Waals surface area (Å²) in [7, 11) is 1.86. The largest absolute Gasteiger partial charge is 0.398 e. The number of hydrogen-bond donors (Lipinski definition) is 1. The molecular formula is C12H11N5S. The van der Waals surface area contributed by atoms with E-state index in [4.69, 9.17) is 5.73 Å². The summed E-state index contributed by atoms with van der Waals surface area (Å²) >= 11 is 1.53. The van der Waals surface area contributed by atoms with Gasteiger partial charge in [0.25, 0.3) is 0 Å². The van der Waals surface area contributed by atoms with E-state index in [9.17, 15) is 0 Å². The van der Waals surface area contributed by atoms with Crippen molar-refractivity contribution in [2.45, 2.75) is 10.1 Å². The molecule has 0 fully saturated rings. The number of aromatic nitrogens is 4. The first-order valence-electron chi connectivity index (χ1n) is 5.41. The van der Waals surface area contributed by atoms with Crippen molar-refractivity contribution in [2.24, 2.45) is 7.05 Å². The zero-order valence-corrected chi connectivity index (χ0v) is 10.6. The molecule has 2 N–H and O–H groups in total. The minimum Gasteiger partial charge on any atom is -0.398 e. The van der Waals surface area contributed by atoms with Gasteiger partial charge in [0.15, 0.2) is 5.16 Å². The van der Waals surface area contributed by atoms with E-state index in [0.717, 1.165) is 26.6 Å². The van der Waals surface area contributed by atoms with Crippen LogP contribution in [0.25, 0.3) is 10.9 Å². The second-order valence-electron chi connectivity index (χ2n) is 3.82. The van der Waals surface area contributed by atoms with Crippen molar-refractivity contribution in [2.75, 3.05) is 5.73 Å². The van der Waals surface area contributed by atoms with Gasteiger partial charge in [0.1, 0.15) is 6.33 Å². The van der Waals surface area contributed by atoms with E-state index in [0.29, 0.717) is 0 Å². The van der Waals surface area contributed by atoms with Gasteiger partial charge in [-0.3, -0.25) is 4.98 Å². The molecule has 0 saturated carbocycles. The highest BCUT2D eigenvalue weighted by Gasteiger charge is 2.09. The second kappa shape index (κ2) is 4.30. The number of anilines is 1. The van der Waals surface area contributed by atoms with E-state index in [1.807, 2.05) is 31.3 Å². The van der Waals surface area contributed by atoms with Gasteiger partial charge in [0, 0.05) is 29.2 Å². The number of fused-ring (bicyclic) bond motifs is 1. The van der Waals surface area contributed by atoms with Crippen LogP contribution in [0.1, 0.15) is 0 Å². The number of rotatable bonds is 2. The third-order valence-electron chi connectivity index (χ3n) is 2.64. The normalized spacial score (nSPS) is 10.9. The van der Waals surface area contributed by atoms with Crippen molar-refractivity contribution in [1.82, 2.24) is 19.7 Å². The molecule has 0 saturated heterocycles. The molecular weight excluding hydrogens is 246 g/mol. The molecule has 18 heavy (non-hydrogen) atoms. The lowest BCUT2D eigenvalue weighted by atomic mass is 10.2. The molecule has 0 aliphatic heterocycles. The fourth-order valence-electron chi connectivity index (χ4n) is 1.73. The predicted octanol–water partition coefficient (Wildman–Crippen LogP) is 2.10. The van der Waals surface area contributed by atoms with Crippen LogP contribution in [-0.4, -0.2) is 19.7 Å². The Hall–Kier alpha value is -2.08. The standard InChI is InChI=1S/C12H11N5S/c1-17-12(15-7-16-17)18-10-5-4-9(13)8-3-2-6-14-11(8)10/h2-7H,13H2,1H3. The Morgan fingerprint density at radius 2 is 2.11 bits per heavy atom. The first-order chi connectivity index (χ1) is 8.75. The smallest absolute Gasteiger partial charge is 0.190 e. The van der Waals surface area contributed by atoms with E-state index in [-0.39, 0.29) is 0 Å². The van der Waals surface area contributed by atoms with Crippen LogP contribution in [0.2, 0.25) is 0 Å². The number of aryl methyl sites for hydroxylation is 1. The quantitative estimate of drug-likeness (QED) is 0.712. The zero-order valence-electron chi connectivity index (χ0n) is 9.74. The van der Waals surface area contributed by atoms with Crippen molar-refractivity contribution in [1.29, 1.82) is 0 Å². The molecule has 0 aliphatic carbocycles. The average molecular weight is 257 g/mol. The highest BCUT2D eigenvalue weighted by molar-refractivity contribution is 7.99. The molecule has 0 atom stereocenters. The molecule has 6 heteroatoms. The molecule has 0 spiro atoms. The molecule has 3 aromatic rings. The fraction of sp³-hybridized carbons (Fsp3) is 0.0833. The molecule has 0 radical (unpaired) electrons. The number of nitrogen functional groups attached to an aromatic ring is 1. The molecule has 90 valence electrons. The third kappa shape index (κ3) is 1.80. The fourth-order valence-corrected chi connectivity index (χ4v) is 2.60. The molecule has 0 bridgehead atoms. The number of pyridine rings is 1. The summed E-state index contributed by atoms with van der Waals surface area (Å²) in [5, 5.41) is 5.84. The van der Waals surface area contributed by atoms with Crippen LogP contribution in [-0.2, 0) is 7.05 Å².